The predicted octanol–water partition coefficient (Wildman–Crippen LogP) is 3.72. The average molecular weight is 307 g/mol. The van der Waals surface area contributed by atoms with Gasteiger partial charge in [0, 0.05) is 15.5 Å². The van der Waals surface area contributed by atoms with Crippen LogP contribution in [0.4, 0.5) is 0 Å². The van der Waals surface area contributed by atoms with Gasteiger partial charge in [0.1, 0.15) is 6.07 Å². The van der Waals surface area contributed by atoms with E-state index in [1.807, 2.05) is 24.5 Å². The van der Waals surface area contributed by atoms with Crippen LogP contribution in [0.2, 0.25) is 0 Å². The highest BCUT2D eigenvalue weighted by Crippen LogP contribution is 2.52. The highest BCUT2D eigenvalue weighted by Gasteiger charge is 2.44. The van der Waals surface area contributed by atoms with Crippen LogP contribution in [-0.2, 0) is 9.53 Å². The normalized spacial score (nSPS) is 15.4. The number of esters is 1. The van der Waals surface area contributed by atoms with E-state index in [0.29, 0.717) is 6.42 Å². The summed E-state index contributed by atoms with van der Waals surface area (Å²) in [6.07, 6.45) is 4.60. The van der Waals surface area contributed by atoms with E-state index in [9.17, 15) is 10.1 Å². The molecular formula is C15H17NO2S2. The summed E-state index contributed by atoms with van der Waals surface area (Å²) in [7, 11) is 1.43. The van der Waals surface area contributed by atoms with E-state index >= 15 is 0 Å². The molecule has 20 heavy (non-hydrogen) atoms. The first-order chi connectivity index (χ1) is 9.64. The fourth-order valence-corrected chi connectivity index (χ4v) is 4.04. The van der Waals surface area contributed by atoms with Crippen molar-refractivity contribution in [2.24, 2.45) is 5.41 Å². The van der Waals surface area contributed by atoms with E-state index in [-0.39, 0.29) is 11.4 Å². The van der Waals surface area contributed by atoms with Crippen LogP contribution in [0, 0.1) is 16.7 Å². The van der Waals surface area contributed by atoms with Gasteiger partial charge in [0.2, 0.25) is 0 Å². The Hall–Kier alpha value is -1.12. The molecule has 0 bridgehead atoms. The molecule has 1 aliphatic rings. The number of benzene rings is 1. The van der Waals surface area contributed by atoms with Gasteiger partial charge in [-0.05, 0) is 36.6 Å². The van der Waals surface area contributed by atoms with Gasteiger partial charge in [0.25, 0.3) is 0 Å². The minimum absolute atomic E-state index is 0.0832. The second-order valence-corrected chi connectivity index (χ2v) is 6.85. The van der Waals surface area contributed by atoms with Crippen LogP contribution in [-0.4, -0.2) is 25.1 Å². The SMILES string of the molecule is COC(=O)CC1(CSc2cccc(SC)c2C#N)CC1. The summed E-state index contributed by atoms with van der Waals surface area (Å²) in [5, 5.41) is 9.31. The Kier molecular flexibility index (Phi) is 5.00. The van der Waals surface area contributed by atoms with Gasteiger partial charge in [0.15, 0.2) is 0 Å². The smallest absolute Gasteiger partial charge is 0.306 e. The van der Waals surface area contributed by atoms with E-state index in [1.165, 1.54) is 7.11 Å². The number of carbonyl (C=O) groups excluding carboxylic acids is 1. The Morgan fingerprint density at radius 1 is 1.45 bits per heavy atom. The lowest BCUT2D eigenvalue weighted by Crippen LogP contribution is -2.13. The Bertz CT molecular complexity index is 547. The first kappa shape index (κ1) is 15.3. The van der Waals surface area contributed by atoms with Gasteiger partial charge in [-0.3, -0.25) is 4.79 Å². The second-order valence-electron chi connectivity index (χ2n) is 4.99. The lowest BCUT2D eigenvalue weighted by Gasteiger charge is -2.14. The van der Waals surface area contributed by atoms with Crippen LogP contribution in [0.3, 0.4) is 0 Å². The third-order valence-electron chi connectivity index (χ3n) is 3.56. The molecule has 1 fully saturated rings. The molecule has 2 rings (SSSR count). The standard InChI is InChI=1S/C15H17NO2S2/c1-18-14(17)8-15(6-7-15)10-20-13-5-3-4-12(19-2)11(13)9-16/h3-5H,6-8,10H2,1-2H3. The van der Waals surface area contributed by atoms with E-state index < -0.39 is 0 Å². The highest BCUT2D eigenvalue weighted by atomic mass is 32.2. The van der Waals surface area contributed by atoms with Crippen LogP contribution in [0.1, 0.15) is 24.8 Å². The van der Waals surface area contributed by atoms with Crippen molar-refractivity contribution >= 4 is 29.5 Å². The van der Waals surface area contributed by atoms with Gasteiger partial charge in [-0.15, -0.1) is 23.5 Å². The zero-order valence-corrected chi connectivity index (χ0v) is 13.3. The van der Waals surface area contributed by atoms with E-state index in [4.69, 9.17) is 4.74 Å². The van der Waals surface area contributed by atoms with E-state index in [2.05, 4.69) is 6.07 Å². The molecule has 0 radical (unpaired) electrons. The van der Waals surface area contributed by atoms with Crippen LogP contribution in [0.15, 0.2) is 28.0 Å². The molecule has 1 aromatic rings. The van der Waals surface area contributed by atoms with Crippen molar-refractivity contribution in [2.45, 2.75) is 29.1 Å². The fourth-order valence-electron chi connectivity index (χ4n) is 2.07. The number of hydrogen-bond acceptors (Lipinski definition) is 5. The molecule has 1 aliphatic carbocycles. The van der Waals surface area contributed by atoms with Gasteiger partial charge in [0.05, 0.1) is 19.1 Å². The van der Waals surface area contributed by atoms with Crippen molar-refractivity contribution in [1.82, 2.24) is 0 Å². The molecular weight excluding hydrogens is 290 g/mol. The molecule has 0 spiro atoms. The van der Waals surface area contributed by atoms with Crippen molar-refractivity contribution in [1.29, 1.82) is 5.26 Å². The molecule has 0 unspecified atom stereocenters. The van der Waals surface area contributed by atoms with Gasteiger partial charge in [-0.2, -0.15) is 5.26 Å². The Labute approximate surface area is 128 Å². The molecule has 0 aromatic heterocycles. The quantitative estimate of drug-likeness (QED) is 0.592. The largest absolute Gasteiger partial charge is 0.469 e. The molecule has 0 atom stereocenters. The number of thioether (sulfide) groups is 2. The maximum atomic E-state index is 11.4. The van der Waals surface area contributed by atoms with E-state index in [1.54, 1.807) is 23.5 Å². The summed E-state index contributed by atoms with van der Waals surface area (Å²) in [4.78, 5) is 13.4. The van der Waals surface area contributed by atoms with Crippen molar-refractivity contribution in [3.8, 4) is 6.07 Å². The summed E-state index contributed by atoms with van der Waals surface area (Å²) in [6, 6.07) is 8.22. The molecule has 0 saturated heterocycles. The number of nitriles is 1. The first-order valence-electron chi connectivity index (χ1n) is 6.41. The lowest BCUT2D eigenvalue weighted by molar-refractivity contribution is -0.141. The predicted molar refractivity (Wildman–Crippen MR) is 82.0 cm³/mol. The Balaban J connectivity index is 2.05. The van der Waals surface area contributed by atoms with E-state index in [0.717, 1.165) is 33.9 Å². The molecule has 3 nitrogen and oxygen atoms in total. The maximum absolute atomic E-state index is 11.4. The maximum Gasteiger partial charge on any atom is 0.306 e. The molecule has 5 heteroatoms. The van der Waals surface area contributed by atoms with Crippen LogP contribution in [0.5, 0.6) is 0 Å². The number of rotatable bonds is 6. The summed E-state index contributed by atoms with van der Waals surface area (Å²) < 4.78 is 4.76. The zero-order valence-electron chi connectivity index (χ0n) is 11.6. The van der Waals surface area contributed by atoms with Crippen molar-refractivity contribution in [3.05, 3.63) is 23.8 Å². The number of nitrogens with zero attached hydrogens (tertiary/aromatic N) is 1. The second kappa shape index (κ2) is 6.55. The third-order valence-corrected chi connectivity index (χ3v) is 5.75. The Morgan fingerprint density at radius 2 is 2.15 bits per heavy atom. The monoisotopic (exact) mass is 307 g/mol. The third kappa shape index (κ3) is 3.50. The zero-order chi connectivity index (χ0) is 14.6. The minimum atomic E-state index is -0.138. The minimum Gasteiger partial charge on any atom is -0.469 e. The first-order valence-corrected chi connectivity index (χ1v) is 8.62. The van der Waals surface area contributed by atoms with Crippen LogP contribution < -0.4 is 0 Å². The molecule has 0 aliphatic heterocycles. The summed E-state index contributed by atoms with van der Waals surface area (Å²) >= 11 is 3.27. The number of methoxy groups -OCH3 is 1. The summed E-state index contributed by atoms with van der Waals surface area (Å²) in [5.41, 5.74) is 0.832. The molecule has 106 valence electrons. The molecule has 0 N–H and O–H groups in total. The van der Waals surface area contributed by atoms with Crippen LogP contribution in [0.25, 0.3) is 0 Å². The number of carbonyl (C=O) groups is 1. The molecule has 0 heterocycles. The van der Waals surface area contributed by atoms with Crippen molar-refractivity contribution < 1.29 is 9.53 Å². The van der Waals surface area contributed by atoms with Crippen molar-refractivity contribution in [2.75, 3.05) is 19.1 Å². The molecule has 1 saturated carbocycles. The summed E-state index contributed by atoms with van der Waals surface area (Å²) in [5.74, 6) is 0.732. The fraction of sp³-hybridized carbons (Fsp3) is 0.467. The summed E-state index contributed by atoms with van der Waals surface area (Å²) in [6.45, 7) is 0. The highest BCUT2D eigenvalue weighted by molar-refractivity contribution is 8.00. The number of ether oxygens (including phenoxy) is 1. The van der Waals surface area contributed by atoms with Gasteiger partial charge >= 0.3 is 5.97 Å². The van der Waals surface area contributed by atoms with Gasteiger partial charge in [-0.25, -0.2) is 0 Å². The van der Waals surface area contributed by atoms with Gasteiger partial charge in [-0.1, -0.05) is 6.07 Å². The number of hydrogen-bond donors (Lipinski definition) is 0. The van der Waals surface area contributed by atoms with Crippen LogP contribution >= 0.6 is 23.5 Å². The van der Waals surface area contributed by atoms with Crippen molar-refractivity contribution in [3.63, 3.8) is 0 Å². The molecule has 1 aromatic carbocycles. The Morgan fingerprint density at radius 3 is 2.70 bits per heavy atom. The topological polar surface area (TPSA) is 50.1 Å². The lowest BCUT2D eigenvalue weighted by atomic mass is 10.1. The average Bonchev–Trinajstić information content (AvgIpc) is 3.24. The van der Waals surface area contributed by atoms with Gasteiger partial charge < -0.3 is 4.74 Å². The molecule has 0 amide bonds.